The van der Waals surface area contributed by atoms with Gasteiger partial charge in [0.1, 0.15) is 0 Å². The summed E-state index contributed by atoms with van der Waals surface area (Å²) < 4.78 is 0. The molecule has 0 aromatic heterocycles. The molecule has 15 heavy (non-hydrogen) atoms. The Labute approximate surface area is 93.0 Å². The van der Waals surface area contributed by atoms with Gasteiger partial charge in [0.25, 0.3) is 0 Å². The third-order valence-electron chi connectivity index (χ3n) is 3.13. The van der Waals surface area contributed by atoms with Gasteiger partial charge in [0, 0.05) is 13.1 Å². The maximum absolute atomic E-state index is 10.8. The van der Waals surface area contributed by atoms with Crippen molar-refractivity contribution in [3.8, 4) is 0 Å². The lowest BCUT2D eigenvalue weighted by Crippen LogP contribution is -2.33. The number of likely N-dealkylation sites (tertiary alicyclic amines) is 1. The van der Waals surface area contributed by atoms with Crippen molar-refractivity contribution in [2.24, 2.45) is 5.73 Å². The summed E-state index contributed by atoms with van der Waals surface area (Å²) in [6, 6.07) is 0. The minimum absolute atomic E-state index is 0.0903. The maximum Gasteiger partial charge on any atom is 0.236 e. The molecular weight excluding hydrogens is 188 g/mol. The highest BCUT2D eigenvalue weighted by Gasteiger charge is 2.15. The monoisotopic (exact) mass is 212 g/mol. The van der Waals surface area contributed by atoms with Gasteiger partial charge in [-0.15, -0.1) is 0 Å². The third-order valence-corrected chi connectivity index (χ3v) is 3.13. The second-order valence-electron chi connectivity index (χ2n) is 4.41. The molecule has 0 unspecified atom stereocenters. The predicted octanol–water partition coefficient (Wildman–Crippen LogP) is 1.91. The van der Waals surface area contributed by atoms with Crippen molar-refractivity contribution in [3.05, 3.63) is 0 Å². The smallest absolute Gasteiger partial charge is 0.236 e. The molecule has 2 rings (SSSR count). The second-order valence-corrected chi connectivity index (χ2v) is 4.41. The second kappa shape index (κ2) is 7.69. The lowest BCUT2D eigenvalue weighted by atomic mass is 10.0. The molecule has 0 atom stereocenters. The van der Waals surface area contributed by atoms with Crippen LogP contribution in [0.1, 0.15) is 51.4 Å². The fourth-order valence-corrected chi connectivity index (χ4v) is 2.16. The van der Waals surface area contributed by atoms with E-state index in [2.05, 4.69) is 0 Å². The van der Waals surface area contributed by atoms with Crippen LogP contribution in [0.3, 0.4) is 0 Å². The van der Waals surface area contributed by atoms with Crippen LogP contribution in [0.2, 0.25) is 0 Å². The summed E-state index contributed by atoms with van der Waals surface area (Å²) in [5.74, 6) is 0.0903. The van der Waals surface area contributed by atoms with Gasteiger partial charge in [0.15, 0.2) is 0 Å². The first-order chi connectivity index (χ1) is 7.34. The van der Waals surface area contributed by atoms with Crippen molar-refractivity contribution in [3.63, 3.8) is 0 Å². The highest BCUT2D eigenvalue weighted by atomic mass is 16.2. The van der Waals surface area contributed by atoms with Crippen LogP contribution < -0.4 is 5.73 Å². The first-order valence-electron chi connectivity index (χ1n) is 6.32. The van der Waals surface area contributed by atoms with Crippen molar-refractivity contribution in [1.82, 2.24) is 4.90 Å². The first kappa shape index (κ1) is 12.5. The van der Waals surface area contributed by atoms with Crippen molar-refractivity contribution in [2.75, 3.05) is 19.6 Å². The van der Waals surface area contributed by atoms with E-state index in [4.69, 9.17) is 5.73 Å². The zero-order valence-electron chi connectivity index (χ0n) is 9.71. The summed E-state index contributed by atoms with van der Waals surface area (Å²) in [4.78, 5) is 12.6. The van der Waals surface area contributed by atoms with Crippen LogP contribution in [0.4, 0.5) is 0 Å². The van der Waals surface area contributed by atoms with E-state index in [9.17, 15) is 4.79 Å². The molecule has 1 saturated carbocycles. The molecule has 0 radical (unpaired) electrons. The van der Waals surface area contributed by atoms with Crippen LogP contribution in [0, 0.1) is 0 Å². The van der Waals surface area contributed by atoms with Gasteiger partial charge in [-0.3, -0.25) is 4.79 Å². The van der Waals surface area contributed by atoms with Gasteiger partial charge in [0.2, 0.25) is 5.91 Å². The normalized spacial score (nSPS) is 20.7. The van der Waals surface area contributed by atoms with Crippen LogP contribution in [0.15, 0.2) is 0 Å². The fourth-order valence-electron chi connectivity index (χ4n) is 2.16. The van der Waals surface area contributed by atoms with Crippen molar-refractivity contribution >= 4 is 5.91 Å². The summed E-state index contributed by atoms with van der Waals surface area (Å²) in [7, 11) is 0. The number of carbonyl (C=O) groups excluding carboxylic acids is 1. The number of rotatable bonds is 1. The zero-order valence-corrected chi connectivity index (χ0v) is 9.71. The van der Waals surface area contributed by atoms with E-state index in [1.807, 2.05) is 4.90 Å². The summed E-state index contributed by atoms with van der Waals surface area (Å²) in [6.45, 7) is 1.99. The van der Waals surface area contributed by atoms with Gasteiger partial charge in [-0.1, -0.05) is 38.5 Å². The molecule has 2 fully saturated rings. The lowest BCUT2D eigenvalue weighted by Gasteiger charge is -2.12. The van der Waals surface area contributed by atoms with Gasteiger partial charge in [-0.05, 0) is 12.8 Å². The fraction of sp³-hybridized carbons (Fsp3) is 0.917. The molecule has 1 aliphatic carbocycles. The molecule has 1 amide bonds. The number of nitrogens with two attached hydrogens (primary N) is 1. The van der Waals surface area contributed by atoms with Gasteiger partial charge in [-0.25, -0.2) is 0 Å². The van der Waals surface area contributed by atoms with Crippen molar-refractivity contribution < 1.29 is 4.79 Å². The highest BCUT2D eigenvalue weighted by molar-refractivity contribution is 5.78. The summed E-state index contributed by atoms with van der Waals surface area (Å²) in [5.41, 5.74) is 5.16. The Hall–Kier alpha value is -0.570. The standard InChI is InChI=1S/C6H12N2O.C6H12/c7-5-6(9)8-3-1-2-4-8;1-2-4-6-5-3-1/h1-5,7H2;1-6H2. The molecule has 1 saturated heterocycles. The largest absolute Gasteiger partial charge is 0.342 e. The molecule has 0 aromatic carbocycles. The molecule has 3 heteroatoms. The maximum atomic E-state index is 10.8. The van der Waals surface area contributed by atoms with E-state index in [0.717, 1.165) is 25.9 Å². The summed E-state index contributed by atoms with van der Waals surface area (Å²) in [5, 5.41) is 0. The highest BCUT2D eigenvalue weighted by Crippen LogP contribution is 2.15. The van der Waals surface area contributed by atoms with E-state index in [1.54, 1.807) is 0 Å². The average Bonchev–Trinajstić information content (AvgIpc) is 2.85. The Kier molecular flexibility index (Phi) is 6.41. The van der Waals surface area contributed by atoms with Crippen LogP contribution in [-0.4, -0.2) is 30.4 Å². The van der Waals surface area contributed by atoms with Crippen molar-refractivity contribution in [2.45, 2.75) is 51.4 Å². The Morgan fingerprint density at radius 1 is 0.867 bits per heavy atom. The Balaban J connectivity index is 0.000000162. The molecule has 1 aliphatic heterocycles. The van der Waals surface area contributed by atoms with Gasteiger partial charge in [-0.2, -0.15) is 0 Å². The Morgan fingerprint density at radius 3 is 1.60 bits per heavy atom. The zero-order chi connectivity index (χ0) is 10.9. The van der Waals surface area contributed by atoms with E-state index in [-0.39, 0.29) is 12.5 Å². The lowest BCUT2D eigenvalue weighted by molar-refractivity contribution is -0.128. The number of amides is 1. The molecule has 0 aromatic rings. The number of nitrogens with zero attached hydrogens (tertiary/aromatic N) is 1. The average molecular weight is 212 g/mol. The third kappa shape index (κ3) is 5.17. The summed E-state index contributed by atoms with van der Waals surface area (Å²) >= 11 is 0. The van der Waals surface area contributed by atoms with Gasteiger partial charge >= 0.3 is 0 Å². The molecule has 88 valence electrons. The van der Waals surface area contributed by atoms with Crippen molar-refractivity contribution in [1.29, 1.82) is 0 Å². The van der Waals surface area contributed by atoms with E-state index >= 15 is 0 Å². The first-order valence-corrected chi connectivity index (χ1v) is 6.32. The van der Waals surface area contributed by atoms with Crippen LogP contribution in [0.5, 0.6) is 0 Å². The van der Waals surface area contributed by atoms with Crippen LogP contribution in [-0.2, 0) is 4.79 Å². The molecule has 0 bridgehead atoms. The van der Waals surface area contributed by atoms with Crippen LogP contribution >= 0.6 is 0 Å². The molecular formula is C12H24N2O. The molecule has 2 N–H and O–H groups in total. The minimum Gasteiger partial charge on any atom is -0.342 e. The topological polar surface area (TPSA) is 46.3 Å². The number of hydrogen-bond donors (Lipinski definition) is 1. The minimum atomic E-state index is 0.0903. The number of hydrogen-bond acceptors (Lipinski definition) is 2. The van der Waals surface area contributed by atoms with E-state index in [1.165, 1.54) is 38.5 Å². The van der Waals surface area contributed by atoms with E-state index < -0.39 is 0 Å². The molecule has 2 aliphatic rings. The summed E-state index contributed by atoms with van der Waals surface area (Å²) in [6.07, 6.45) is 11.3. The van der Waals surface area contributed by atoms with Gasteiger partial charge < -0.3 is 10.6 Å². The molecule has 1 heterocycles. The Bertz CT molecular complexity index is 161. The van der Waals surface area contributed by atoms with Gasteiger partial charge in [0.05, 0.1) is 6.54 Å². The van der Waals surface area contributed by atoms with Crippen LogP contribution in [0.25, 0.3) is 0 Å². The van der Waals surface area contributed by atoms with E-state index in [0.29, 0.717) is 0 Å². The quantitative estimate of drug-likeness (QED) is 0.721. The molecule has 3 nitrogen and oxygen atoms in total. The SMILES string of the molecule is C1CCCCC1.NCC(=O)N1CCCC1. The predicted molar refractivity (Wildman–Crippen MR) is 62.6 cm³/mol. The molecule has 0 spiro atoms. The Morgan fingerprint density at radius 2 is 1.27 bits per heavy atom. The number of carbonyl (C=O) groups is 1.